The number of amides is 1. The molecule has 0 saturated carbocycles. The van der Waals surface area contributed by atoms with E-state index in [9.17, 15) is 4.79 Å². The molecule has 2 aromatic heterocycles. The van der Waals surface area contributed by atoms with Gasteiger partial charge in [-0.3, -0.25) is 4.79 Å². The number of pyridine rings is 1. The SMILES string of the molecule is Cc1cc(C(=O)Nc2ccc(C)c(Cl)c2)c2cnn(C(C)C)c2n1. The molecule has 0 aliphatic rings. The lowest BCUT2D eigenvalue weighted by molar-refractivity contribution is 0.102. The molecule has 0 aliphatic carbocycles. The van der Waals surface area contributed by atoms with Crippen LogP contribution in [0.3, 0.4) is 0 Å². The third-order valence-corrected chi connectivity index (χ3v) is 4.27. The van der Waals surface area contributed by atoms with Gasteiger partial charge in [-0.15, -0.1) is 0 Å². The van der Waals surface area contributed by atoms with E-state index in [1.807, 2.05) is 44.5 Å². The predicted molar refractivity (Wildman–Crippen MR) is 96.8 cm³/mol. The number of hydrogen-bond acceptors (Lipinski definition) is 3. The van der Waals surface area contributed by atoms with Crippen molar-refractivity contribution in [3.05, 3.63) is 52.3 Å². The highest BCUT2D eigenvalue weighted by atomic mass is 35.5. The van der Waals surface area contributed by atoms with Crippen LogP contribution in [-0.2, 0) is 0 Å². The van der Waals surface area contributed by atoms with Gasteiger partial charge in [0, 0.05) is 22.4 Å². The van der Waals surface area contributed by atoms with Crippen molar-refractivity contribution in [1.82, 2.24) is 14.8 Å². The fourth-order valence-electron chi connectivity index (χ4n) is 2.58. The van der Waals surface area contributed by atoms with Gasteiger partial charge in [0.05, 0.1) is 17.1 Å². The highest BCUT2D eigenvalue weighted by Gasteiger charge is 2.17. The standard InChI is InChI=1S/C18H19ClN4O/c1-10(2)23-17-15(9-20-23)14(7-12(4)21-17)18(24)22-13-6-5-11(3)16(19)8-13/h5-10H,1-4H3,(H,22,24). The number of aromatic nitrogens is 3. The molecule has 0 saturated heterocycles. The molecule has 0 bridgehead atoms. The van der Waals surface area contributed by atoms with Gasteiger partial charge in [-0.05, 0) is 51.5 Å². The molecular formula is C18H19ClN4O. The Balaban J connectivity index is 2.01. The Kier molecular flexibility index (Phi) is 4.28. The average molecular weight is 343 g/mol. The average Bonchev–Trinajstić information content (AvgIpc) is 2.93. The summed E-state index contributed by atoms with van der Waals surface area (Å²) in [6.07, 6.45) is 1.69. The lowest BCUT2D eigenvalue weighted by Gasteiger charge is -2.10. The Morgan fingerprint density at radius 1 is 1.25 bits per heavy atom. The molecule has 0 spiro atoms. The van der Waals surface area contributed by atoms with Crippen molar-refractivity contribution in [1.29, 1.82) is 0 Å². The molecule has 0 aliphatic heterocycles. The zero-order valence-corrected chi connectivity index (χ0v) is 14.8. The first-order valence-corrected chi connectivity index (χ1v) is 8.17. The van der Waals surface area contributed by atoms with Crippen LogP contribution in [0.15, 0.2) is 30.5 Å². The molecule has 5 nitrogen and oxygen atoms in total. The normalized spacial score (nSPS) is 11.2. The Morgan fingerprint density at radius 3 is 2.67 bits per heavy atom. The van der Waals surface area contributed by atoms with Crippen molar-refractivity contribution in [2.45, 2.75) is 33.7 Å². The third-order valence-electron chi connectivity index (χ3n) is 3.86. The van der Waals surface area contributed by atoms with Crippen LogP contribution in [0.2, 0.25) is 5.02 Å². The van der Waals surface area contributed by atoms with Crippen LogP contribution in [0.25, 0.3) is 11.0 Å². The topological polar surface area (TPSA) is 59.8 Å². The van der Waals surface area contributed by atoms with Crippen LogP contribution in [0.4, 0.5) is 5.69 Å². The molecule has 0 radical (unpaired) electrons. The number of rotatable bonds is 3. The Bertz CT molecular complexity index is 930. The van der Waals surface area contributed by atoms with Gasteiger partial charge < -0.3 is 5.32 Å². The number of fused-ring (bicyclic) bond motifs is 1. The first-order chi connectivity index (χ1) is 11.4. The maximum Gasteiger partial charge on any atom is 0.256 e. The zero-order chi connectivity index (χ0) is 17.4. The van der Waals surface area contributed by atoms with Gasteiger partial charge in [0.1, 0.15) is 0 Å². The van der Waals surface area contributed by atoms with E-state index >= 15 is 0 Å². The van der Waals surface area contributed by atoms with E-state index in [4.69, 9.17) is 11.6 Å². The number of aryl methyl sites for hydroxylation is 2. The van der Waals surface area contributed by atoms with Crippen molar-refractivity contribution in [2.75, 3.05) is 5.32 Å². The largest absolute Gasteiger partial charge is 0.322 e. The first kappa shape index (κ1) is 16.5. The lowest BCUT2D eigenvalue weighted by Crippen LogP contribution is -2.13. The molecule has 24 heavy (non-hydrogen) atoms. The summed E-state index contributed by atoms with van der Waals surface area (Å²) in [6.45, 7) is 7.86. The summed E-state index contributed by atoms with van der Waals surface area (Å²) in [4.78, 5) is 17.3. The minimum atomic E-state index is -0.200. The second-order valence-electron chi connectivity index (χ2n) is 6.15. The van der Waals surface area contributed by atoms with Crippen molar-refractivity contribution < 1.29 is 4.79 Å². The van der Waals surface area contributed by atoms with E-state index in [-0.39, 0.29) is 11.9 Å². The van der Waals surface area contributed by atoms with Crippen molar-refractivity contribution in [3.8, 4) is 0 Å². The van der Waals surface area contributed by atoms with Gasteiger partial charge in [0.15, 0.2) is 5.65 Å². The predicted octanol–water partition coefficient (Wildman–Crippen LogP) is 4.53. The third kappa shape index (κ3) is 2.99. The zero-order valence-electron chi connectivity index (χ0n) is 14.1. The summed E-state index contributed by atoms with van der Waals surface area (Å²) in [5.74, 6) is -0.200. The smallest absolute Gasteiger partial charge is 0.256 e. The number of carbonyl (C=O) groups is 1. The maximum atomic E-state index is 12.7. The van der Waals surface area contributed by atoms with Crippen LogP contribution >= 0.6 is 11.6 Å². The summed E-state index contributed by atoms with van der Waals surface area (Å²) < 4.78 is 1.82. The summed E-state index contributed by atoms with van der Waals surface area (Å²) in [7, 11) is 0. The Labute approximate surface area is 145 Å². The Hall–Kier alpha value is -2.40. The number of anilines is 1. The van der Waals surface area contributed by atoms with Crippen LogP contribution in [0.5, 0.6) is 0 Å². The van der Waals surface area contributed by atoms with E-state index in [0.717, 1.165) is 22.3 Å². The molecule has 6 heteroatoms. The van der Waals surface area contributed by atoms with E-state index < -0.39 is 0 Å². The fourth-order valence-corrected chi connectivity index (χ4v) is 2.76. The highest BCUT2D eigenvalue weighted by molar-refractivity contribution is 6.31. The molecule has 3 aromatic rings. The number of nitrogens with one attached hydrogen (secondary N) is 1. The van der Waals surface area contributed by atoms with Crippen LogP contribution in [0, 0.1) is 13.8 Å². The molecule has 3 rings (SSSR count). The molecule has 2 heterocycles. The van der Waals surface area contributed by atoms with Gasteiger partial charge in [-0.25, -0.2) is 9.67 Å². The summed E-state index contributed by atoms with van der Waals surface area (Å²) in [6, 6.07) is 7.41. The molecule has 0 fully saturated rings. The second kappa shape index (κ2) is 6.24. The summed E-state index contributed by atoms with van der Waals surface area (Å²) >= 11 is 6.13. The minimum absolute atomic E-state index is 0.170. The molecule has 1 aromatic carbocycles. The molecular weight excluding hydrogens is 324 g/mol. The number of nitrogens with zero attached hydrogens (tertiary/aromatic N) is 3. The monoisotopic (exact) mass is 342 g/mol. The number of halogens is 1. The fraction of sp³-hybridized carbons (Fsp3) is 0.278. The van der Waals surface area contributed by atoms with E-state index in [1.165, 1.54) is 0 Å². The first-order valence-electron chi connectivity index (χ1n) is 7.79. The van der Waals surface area contributed by atoms with Gasteiger partial charge >= 0.3 is 0 Å². The quantitative estimate of drug-likeness (QED) is 0.760. The molecule has 1 N–H and O–H groups in total. The van der Waals surface area contributed by atoms with Crippen LogP contribution in [0.1, 0.15) is 41.5 Å². The van der Waals surface area contributed by atoms with Gasteiger partial charge in [0.2, 0.25) is 0 Å². The number of benzene rings is 1. The lowest BCUT2D eigenvalue weighted by atomic mass is 10.1. The number of carbonyl (C=O) groups excluding carboxylic acids is 1. The van der Waals surface area contributed by atoms with Crippen molar-refractivity contribution in [2.24, 2.45) is 0 Å². The Morgan fingerprint density at radius 2 is 2.00 bits per heavy atom. The maximum absolute atomic E-state index is 12.7. The van der Waals surface area contributed by atoms with Crippen LogP contribution < -0.4 is 5.32 Å². The number of hydrogen-bond donors (Lipinski definition) is 1. The van der Waals surface area contributed by atoms with E-state index in [0.29, 0.717) is 16.3 Å². The molecule has 0 unspecified atom stereocenters. The minimum Gasteiger partial charge on any atom is -0.322 e. The van der Waals surface area contributed by atoms with E-state index in [2.05, 4.69) is 15.4 Å². The van der Waals surface area contributed by atoms with Gasteiger partial charge in [-0.2, -0.15) is 5.10 Å². The molecule has 1 amide bonds. The summed E-state index contributed by atoms with van der Waals surface area (Å²) in [5, 5.41) is 8.62. The summed E-state index contributed by atoms with van der Waals surface area (Å²) in [5.41, 5.74) is 3.68. The van der Waals surface area contributed by atoms with Gasteiger partial charge in [0.25, 0.3) is 5.91 Å². The molecule has 124 valence electrons. The highest BCUT2D eigenvalue weighted by Crippen LogP contribution is 2.24. The van der Waals surface area contributed by atoms with Gasteiger partial charge in [-0.1, -0.05) is 17.7 Å². The molecule has 0 atom stereocenters. The van der Waals surface area contributed by atoms with Crippen LogP contribution in [-0.4, -0.2) is 20.7 Å². The van der Waals surface area contributed by atoms with Crippen molar-refractivity contribution in [3.63, 3.8) is 0 Å². The van der Waals surface area contributed by atoms with E-state index in [1.54, 1.807) is 18.3 Å². The van der Waals surface area contributed by atoms with Crippen molar-refractivity contribution >= 4 is 34.2 Å². The second-order valence-corrected chi connectivity index (χ2v) is 6.56.